The van der Waals surface area contributed by atoms with Crippen LogP contribution < -0.4 is 4.90 Å². The van der Waals surface area contributed by atoms with Crippen LogP contribution in [0.1, 0.15) is 24.0 Å². The summed E-state index contributed by atoms with van der Waals surface area (Å²) in [7, 11) is 0. The number of ether oxygens (including phenoxy) is 1. The predicted molar refractivity (Wildman–Crippen MR) is 121 cm³/mol. The Morgan fingerprint density at radius 1 is 1.00 bits per heavy atom. The molecule has 1 aromatic carbocycles. The fourth-order valence-electron chi connectivity index (χ4n) is 4.91. The third-order valence-electron chi connectivity index (χ3n) is 6.76. The second kappa shape index (κ2) is 8.88. The van der Waals surface area contributed by atoms with E-state index in [0.29, 0.717) is 12.5 Å². The zero-order chi connectivity index (χ0) is 20.3. The topological polar surface area (TPSA) is 48.8 Å². The number of nitrogens with zero attached hydrogens (tertiary/aromatic N) is 3. The number of hydrogen-bond acceptors (Lipinski definition) is 5. The van der Waals surface area contributed by atoms with Crippen molar-refractivity contribution in [2.24, 2.45) is 5.92 Å². The molecule has 0 amide bonds. The Morgan fingerprint density at radius 3 is 2.50 bits per heavy atom. The predicted octanol–water partition coefficient (Wildman–Crippen LogP) is 3.23. The summed E-state index contributed by atoms with van der Waals surface area (Å²) in [6.07, 6.45) is 7.49. The van der Waals surface area contributed by atoms with Gasteiger partial charge in [0.2, 0.25) is 0 Å². The highest BCUT2D eigenvalue weighted by atomic mass is 16.5. The summed E-state index contributed by atoms with van der Waals surface area (Å²) in [5.74, 6) is 0.468. The molecule has 2 saturated heterocycles. The first-order valence-corrected chi connectivity index (χ1v) is 11.2. The highest BCUT2D eigenvalue weighted by Crippen LogP contribution is 2.34. The van der Waals surface area contributed by atoms with Gasteiger partial charge in [0, 0.05) is 62.3 Å². The minimum Gasteiger partial charge on any atom is -0.396 e. The smallest absolute Gasteiger partial charge is 0.0777 e. The maximum atomic E-state index is 9.36. The van der Waals surface area contributed by atoms with Gasteiger partial charge in [-0.1, -0.05) is 23.8 Å². The van der Waals surface area contributed by atoms with Gasteiger partial charge in [-0.2, -0.15) is 0 Å². The number of aliphatic hydroxyl groups excluding tert-OH is 1. The second-order valence-electron chi connectivity index (χ2n) is 8.76. The minimum atomic E-state index is 0.318. The van der Waals surface area contributed by atoms with Gasteiger partial charge >= 0.3 is 0 Å². The van der Waals surface area contributed by atoms with E-state index in [4.69, 9.17) is 9.72 Å². The average molecular weight is 406 g/mol. The number of morpholine rings is 1. The summed E-state index contributed by atoms with van der Waals surface area (Å²) in [5.41, 5.74) is 7.70. The molecule has 1 aliphatic carbocycles. The third-order valence-corrected chi connectivity index (χ3v) is 6.76. The molecule has 0 unspecified atom stereocenters. The molecule has 1 N–H and O–H groups in total. The number of aromatic nitrogens is 1. The van der Waals surface area contributed by atoms with Crippen LogP contribution >= 0.6 is 0 Å². The van der Waals surface area contributed by atoms with Gasteiger partial charge in [0.05, 0.1) is 18.9 Å². The van der Waals surface area contributed by atoms with E-state index in [1.165, 1.54) is 28.0 Å². The van der Waals surface area contributed by atoms with Gasteiger partial charge in [0.1, 0.15) is 0 Å². The van der Waals surface area contributed by atoms with Crippen molar-refractivity contribution < 1.29 is 9.84 Å². The van der Waals surface area contributed by atoms with Crippen LogP contribution in [0.3, 0.4) is 0 Å². The molecule has 158 valence electrons. The van der Waals surface area contributed by atoms with Crippen LogP contribution in [-0.4, -0.2) is 67.5 Å². The third kappa shape index (κ3) is 4.15. The first-order valence-electron chi connectivity index (χ1n) is 11.2. The van der Waals surface area contributed by atoms with Crippen LogP contribution in [0.15, 0.2) is 42.1 Å². The van der Waals surface area contributed by atoms with Crippen molar-refractivity contribution in [3.05, 3.63) is 53.2 Å². The summed E-state index contributed by atoms with van der Waals surface area (Å²) in [6.45, 7) is 7.13. The van der Waals surface area contributed by atoms with Crippen molar-refractivity contribution in [3.63, 3.8) is 0 Å². The number of piperidine rings is 1. The molecular weight excluding hydrogens is 374 g/mol. The van der Waals surface area contributed by atoms with E-state index < -0.39 is 0 Å². The molecule has 2 aromatic rings. The number of aliphatic hydroxyl groups is 1. The lowest BCUT2D eigenvalue weighted by atomic mass is 9.97. The second-order valence-corrected chi connectivity index (χ2v) is 8.76. The van der Waals surface area contributed by atoms with E-state index in [9.17, 15) is 5.11 Å². The van der Waals surface area contributed by atoms with Gasteiger partial charge in [0.15, 0.2) is 0 Å². The fourth-order valence-corrected chi connectivity index (χ4v) is 4.91. The Labute approximate surface area is 179 Å². The lowest BCUT2D eigenvalue weighted by Crippen LogP contribution is -2.37. The van der Waals surface area contributed by atoms with Gasteiger partial charge in [-0.3, -0.25) is 9.88 Å². The fraction of sp³-hybridized carbons (Fsp3) is 0.480. The Bertz CT molecular complexity index is 895. The van der Waals surface area contributed by atoms with Crippen molar-refractivity contribution in [1.29, 1.82) is 0 Å². The van der Waals surface area contributed by atoms with Gasteiger partial charge in [-0.15, -0.1) is 0 Å². The summed E-state index contributed by atoms with van der Waals surface area (Å²) in [4.78, 5) is 9.66. The number of benzene rings is 1. The van der Waals surface area contributed by atoms with E-state index in [0.717, 1.165) is 70.9 Å². The quantitative estimate of drug-likeness (QED) is 0.828. The van der Waals surface area contributed by atoms with Crippen molar-refractivity contribution in [2.75, 3.05) is 57.4 Å². The molecule has 0 saturated carbocycles. The van der Waals surface area contributed by atoms with Gasteiger partial charge in [-0.25, -0.2) is 0 Å². The van der Waals surface area contributed by atoms with Gasteiger partial charge < -0.3 is 14.7 Å². The zero-order valence-electron chi connectivity index (χ0n) is 17.6. The van der Waals surface area contributed by atoms with E-state index in [2.05, 4.69) is 46.2 Å². The maximum Gasteiger partial charge on any atom is 0.0777 e. The van der Waals surface area contributed by atoms with E-state index >= 15 is 0 Å². The van der Waals surface area contributed by atoms with Crippen LogP contribution in [0.4, 0.5) is 5.69 Å². The maximum absolute atomic E-state index is 9.36. The molecule has 0 atom stereocenters. The van der Waals surface area contributed by atoms with E-state index in [1.54, 1.807) is 0 Å². The molecule has 0 radical (unpaired) electrons. The number of hydrogen-bond donors (Lipinski definition) is 1. The zero-order valence-corrected chi connectivity index (χ0v) is 17.6. The molecule has 5 rings (SSSR count). The molecule has 0 spiro atoms. The first-order chi connectivity index (χ1) is 14.8. The Kier molecular flexibility index (Phi) is 5.84. The van der Waals surface area contributed by atoms with E-state index in [1.807, 2.05) is 6.20 Å². The lowest BCUT2D eigenvalue weighted by molar-refractivity contribution is 0.0422. The molecule has 5 nitrogen and oxygen atoms in total. The highest BCUT2D eigenvalue weighted by Gasteiger charge is 2.21. The van der Waals surface area contributed by atoms with Gasteiger partial charge in [-0.05, 0) is 48.9 Å². The molecule has 1 aromatic heterocycles. The molecular formula is C25H31N3O2. The van der Waals surface area contributed by atoms with Crippen LogP contribution in [-0.2, 0) is 11.2 Å². The normalized spacial score (nSPS) is 20.3. The summed E-state index contributed by atoms with van der Waals surface area (Å²) in [6, 6.07) is 11.0. The SMILES string of the molecule is OCC1CCN(c2ccc(-c3nccc4c3C=C(CN3CCOCC3)C4)cc2)CC1. The van der Waals surface area contributed by atoms with Crippen molar-refractivity contribution in [3.8, 4) is 11.3 Å². The first kappa shape index (κ1) is 19.7. The molecule has 2 fully saturated rings. The van der Waals surface area contributed by atoms with E-state index in [-0.39, 0.29) is 0 Å². The Morgan fingerprint density at radius 2 is 1.77 bits per heavy atom. The van der Waals surface area contributed by atoms with Crippen molar-refractivity contribution in [1.82, 2.24) is 9.88 Å². The van der Waals surface area contributed by atoms with Crippen LogP contribution in [0, 0.1) is 5.92 Å². The molecule has 3 heterocycles. The van der Waals surface area contributed by atoms with Crippen LogP contribution in [0.25, 0.3) is 17.3 Å². The summed E-state index contributed by atoms with van der Waals surface area (Å²) >= 11 is 0. The Hall–Kier alpha value is -2.21. The molecule has 3 aliphatic rings. The minimum absolute atomic E-state index is 0.318. The number of fused-ring (bicyclic) bond motifs is 1. The summed E-state index contributed by atoms with van der Waals surface area (Å²) in [5, 5.41) is 9.36. The Balaban J connectivity index is 1.32. The van der Waals surface area contributed by atoms with Crippen LogP contribution in [0.2, 0.25) is 0 Å². The molecule has 0 bridgehead atoms. The number of rotatable bonds is 5. The monoisotopic (exact) mass is 405 g/mol. The van der Waals surface area contributed by atoms with Crippen molar-refractivity contribution >= 4 is 11.8 Å². The average Bonchev–Trinajstić information content (AvgIpc) is 3.22. The molecule has 30 heavy (non-hydrogen) atoms. The summed E-state index contributed by atoms with van der Waals surface area (Å²) < 4.78 is 5.48. The number of anilines is 1. The largest absolute Gasteiger partial charge is 0.396 e. The standard InChI is InChI=1S/C25H31N3O2/c29-18-19-6-9-28(10-7-19)23-3-1-21(2-4-23)25-24-16-20(15-22(24)5-8-26-25)17-27-11-13-30-14-12-27/h1-5,8,16,19,29H,6-7,9-15,17-18H2. The number of pyridine rings is 1. The van der Waals surface area contributed by atoms with Crippen molar-refractivity contribution in [2.45, 2.75) is 19.3 Å². The van der Waals surface area contributed by atoms with Gasteiger partial charge in [0.25, 0.3) is 0 Å². The molecule has 2 aliphatic heterocycles. The lowest BCUT2D eigenvalue weighted by Gasteiger charge is -2.33. The van der Waals surface area contributed by atoms with Crippen LogP contribution in [0.5, 0.6) is 0 Å². The molecule has 5 heteroatoms. The highest BCUT2D eigenvalue weighted by molar-refractivity contribution is 5.78.